The van der Waals surface area contributed by atoms with Crippen LogP contribution in [0.15, 0.2) is 250 Å². The normalized spacial score (nSPS) is 29.0. The molecule has 9 N–H and O–H groups in total. The van der Waals surface area contributed by atoms with Gasteiger partial charge in [-0.2, -0.15) is 0 Å². The van der Waals surface area contributed by atoms with E-state index in [1.807, 2.05) is 251 Å². The first-order valence-corrected chi connectivity index (χ1v) is 47.1. The van der Waals surface area contributed by atoms with Crippen LogP contribution in [0.25, 0.3) is 0 Å². The number of benzene rings is 5. The van der Waals surface area contributed by atoms with Crippen molar-refractivity contribution in [2.24, 2.45) is 23.7 Å². The van der Waals surface area contributed by atoms with Crippen LogP contribution in [0.4, 0.5) is 0 Å². The van der Waals surface area contributed by atoms with Crippen LogP contribution in [0.3, 0.4) is 0 Å². The van der Waals surface area contributed by atoms with Crippen LogP contribution < -0.4 is 28.4 Å². The van der Waals surface area contributed by atoms with Crippen molar-refractivity contribution in [3.05, 3.63) is 313 Å². The lowest BCUT2D eigenvalue weighted by Gasteiger charge is -2.46. The Kier molecular flexibility index (Phi) is 27.7. The number of rotatable bonds is 29. The van der Waals surface area contributed by atoms with Crippen molar-refractivity contribution in [3.8, 4) is 35.1 Å². The molecule has 0 amide bonds. The number of fused-ring (bicyclic) bond motifs is 8. The van der Waals surface area contributed by atoms with E-state index in [2.05, 4.69) is 52.0 Å². The van der Waals surface area contributed by atoms with E-state index in [1.54, 1.807) is 12.1 Å². The molecule has 22 atom stereocenters. The van der Waals surface area contributed by atoms with Crippen LogP contribution in [0.2, 0.25) is 0 Å². The van der Waals surface area contributed by atoms with Gasteiger partial charge in [-0.25, -0.2) is 0 Å². The lowest BCUT2D eigenvalue weighted by atomic mass is 9.64. The van der Waals surface area contributed by atoms with E-state index in [-0.39, 0.29) is 146 Å². The first-order valence-electron chi connectivity index (χ1n) is 47.1. The molecule has 35 heteroatoms. The van der Waals surface area contributed by atoms with Crippen molar-refractivity contribution in [2.75, 3.05) is 104 Å². The second-order valence-electron chi connectivity index (χ2n) is 38.4. The third-order valence-corrected chi connectivity index (χ3v) is 29.5. The molecule has 5 aromatic carbocycles. The lowest BCUT2D eigenvalue weighted by molar-refractivity contribution is -0.116. The molecule has 4 saturated heterocycles. The molecule has 23 rings (SSSR count). The number of aliphatic hydroxyl groups is 9. The molecule has 4 fully saturated rings. The summed E-state index contributed by atoms with van der Waals surface area (Å²) >= 11 is 0. The Labute approximate surface area is 809 Å². The standard InChI is InChI=1S/5C21H24N2O5/c4*1-23(2)17-15-9-14-8-13(10-24)21(15,27-14)19(25)16-18(17)28-22-20(16)26-11-12-6-4-3-5-7-12;1-5-15(23(2)3)19-17(18(24)20-16(25-4)11-12-26-20)21(22-28-19)27-13-14-9-7-6-8-10-14/h4*3-8,14-15,17,19,24-25H,9-11H2,1-2H3;5-12,15,18,24H,1,13H2,2-4H3/t14-,15+,17+,19+,21+;14-,15+,17+,19-,21+;14-,15-,17-,19+,21+;14-,15-,17-,19-,21+;15-,18?/m11000/s1. The number of hydrogen-bond acceptors (Lipinski definition) is 35. The number of ether oxygens (including phenoxy) is 10. The van der Waals surface area contributed by atoms with Crippen LogP contribution in [-0.4, -0.2) is 247 Å². The van der Waals surface area contributed by atoms with Crippen LogP contribution in [0, 0.1) is 23.7 Å². The van der Waals surface area contributed by atoms with Gasteiger partial charge in [0.2, 0.25) is 0 Å². The summed E-state index contributed by atoms with van der Waals surface area (Å²) in [5.41, 5.74) is 6.51. The maximum atomic E-state index is 11.4. The maximum Gasteiger partial charge on any atom is 0.261 e. The first-order chi connectivity index (χ1) is 67.8. The van der Waals surface area contributed by atoms with Gasteiger partial charge in [0, 0.05) is 29.7 Å². The maximum absolute atomic E-state index is 11.4. The number of likely N-dealkylation sites (N-methyl/N-ethyl adjacent to an activating group) is 1. The highest BCUT2D eigenvalue weighted by Gasteiger charge is 2.71. The zero-order valence-electron chi connectivity index (χ0n) is 79.8. The zero-order valence-corrected chi connectivity index (χ0v) is 79.8. The molecule has 6 aromatic heterocycles. The Bertz CT molecular complexity index is 5680. The Morgan fingerprint density at radius 2 is 0.629 bits per heavy atom. The van der Waals surface area contributed by atoms with Crippen LogP contribution >= 0.6 is 0 Å². The Hall–Kier alpha value is -11.8. The Balaban J connectivity index is 0.000000111. The molecule has 0 radical (unpaired) electrons. The number of hydrogen-bond donors (Lipinski definition) is 9. The average molecular weight is 1920 g/mol. The van der Waals surface area contributed by atoms with Crippen molar-refractivity contribution >= 4 is 0 Å². The molecule has 1 unspecified atom stereocenters. The number of aliphatic hydroxyl groups excluding tert-OH is 9. The first kappa shape index (κ1) is 97.1. The quantitative estimate of drug-likeness (QED) is 0.0197. The molecule has 8 aliphatic heterocycles. The summed E-state index contributed by atoms with van der Waals surface area (Å²) in [5, 5.41) is 117. The van der Waals surface area contributed by atoms with E-state index in [0.29, 0.717) is 88.8 Å². The van der Waals surface area contributed by atoms with Gasteiger partial charge in [-0.3, -0.25) is 24.5 Å². The van der Waals surface area contributed by atoms with E-state index in [9.17, 15) is 46.0 Å². The number of nitrogens with zero attached hydrogens (tertiary/aromatic N) is 10. The number of methoxy groups -OCH3 is 1. The fraction of sp³-hybridized carbons (Fsp3) is 0.438. The fourth-order valence-electron chi connectivity index (χ4n) is 23.5. The van der Waals surface area contributed by atoms with Crippen molar-refractivity contribution in [3.63, 3.8) is 0 Å². The Morgan fingerprint density at radius 1 is 0.371 bits per heavy atom. The summed E-state index contributed by atoms with van der Waals surface area (Å²) in [7, 11) is 21.1. The van der Waals surface area contributed by atoms with Crippen LogP contribution in [0.5, 0.6) is 35.1 Å². The molecule has 4 aliphatic carbocycles. The highest BCUT2D eigenvalue weighted by molar-refractivity contribution is 5.53. The van der Waals surface area contributed by atoms with Gasteiger partial charge in [-0.1, -0.05) is 182 Å². The summed E-state index contributed by atoms with van der Waals surface area (Å²) < 4.78 is 93.6. The molecule has 0 saturated carbocycles. The predicted octanol–water partition coefficient (Wildman–Crippen LogP) is 11.6. The molecular formula is C105H120N10O25. The van der Waals surface area contributed by atoms with Crippen molar-refractivity contribution < 1.29 is 120 Å². The minimum Gasteiger partial charge on any atom is -0.493 e. The number of aromatic nitrogens is 5. The highest BCUT2D eigenvalue weighted by Crippen LogP contribution is 2.69. The van der Waals surface area contributed by atoms with Gasteiger partial charge >= 0.3 is 0 Å². The van der Waals surface area contributed by atoms with E-state index in [1.165, 1.54) is 13.4 Å². The van der Waals surface area contributed by atoms with Gasteiger partial charge in [-0.05, 0) is 172 Å². The summed E-state index contributed by atoms with van der Waals surface area (Å²) in [4.78, 5) is 10.1. The van der Waals surface area contributed by atoms with Gasteiger partial charge in [0.1, 0.15) is 86.0 Å². The summed E-state index contributed by atoms with van der Waals surface area (Å²) in [6.07, 6.45) is 8.37. The molecule has 11 aromatic rings. The predicted molar refractivity (Wildman–Crippen MR) is 501 cm³/mol. The van der Waals surface area contributed by atoms with Crippen molar-refractivity contribution in [1.29, 1.82) is 0 Å². The summed E-state index contributed by atoms with van der Waals surface area (Å²) in [6.45, 7) is 4.83. The third-order valence-electron chi connectivity index (χ3n) is 29.5. The van der Waals surface area contributed by atoms with Crippen LogP contribution in [-0.2, 0) is 52.0 Å². The van der Waals surface area contributed by atoms with Crippen molar-refractivity contribution in [2.45, 2.75) is 166 Å². The van der Waals surface area contributed by atoms with Crippen LogP contribution in [0.1, 0.15) is 177 Å². The molecule has 35 nitrogen and oxygen atoms in total. The molecule has 140 heavy (non-hydrogen) atoms. The lowest BCUT2D eigenvalue weighted by Crippen LogP contribution is -2.52. The molecule has 14 heterocycles. The van der Waals surface area contributed by atoms with Gasteiger partial charge in [0.05, 0.1) is 122 Å². The van der Waals surface area contributed by atoms with E-state index < -0.39 is 52.9 Å². The van der Waals surface area contributed by atoms with Gasteiger partial charge in [-0.15, -0.1) is 6.58 Å². The minimum atomic E-state index is -1.18. The van der Waals surface area contributed by atoms with Gasteiger partial charge < -0.3 is 120 Å². The van der Waals surface area contributed by atoms with E-state index in [0.717, 1.165) is 75.8 Å². The van der Waals surface area contributed by atoms with E-state index >= 15 is 0 Å². The second kappa shape index (κ2) is 40.0. The number of furan rings is 1. The smallest absolute Gasteiger partial charge is 0.261 e. The van der Waals surface area contributed by atoms with Gasteiger partial charge in [0.25, 0.3) is 29.4 Å². The largest absolute Gasteiger partial charge is 0.493 e. The van der Waals surface area contributed by atoms with Crippen molar-refractivity contribution in [1.82, 2.24) is 50.3 Å². The fourth-order valence-corrected chi connectivity index (χ4v) is 23.5. The SMILES string of the molecule is C=C[C@@H](c1onc(OCc2ccccc2)c1C(O)c1occc1OC)N(C)C.CN(C)[C@@H]1c2onc(OCc3ccccc3)c2[C@@H](O)[C@@]23O[C@@H](C=C2CO)C[C@@H]13.CN(C)[C@@H]1c2onc(OCc3ccccc3)c2[C@@H](O)[C@]23O[C@H](C=C2CO)C[C@@H]13.CN(C)[C@@H]1c2onc(OCc3ccccc3)c2[C@H](O)[C@@]23O[C@@H](C=C2CO)C[C@@H]13.CN(C)[C@@H]1c2onc(OCc3ccccc3)c2[C@H](O)[C@]23O[C@H](C=C2CO)C[C@@H]13. The average Bonchev–Trinajstić information content (AvgIpc) is 1.53. The minimum absolute atomic E-state index is 0.0305. The topological polar surface area (TPSA) is 434 Å². The molecule has 12 aliphatic rings. The highest BCUT2D eigenvalue weighted by atomic mass is 16.6. The Morgan fingerprint density at radius 3 is 0.864 bits per heavy atom. The summed E-state index contributed by atoms with van der Waals surface area (Å²) in [5.74, 6) is 4.75. The third kappa shape index (κ3) is 16.7. The zero-order chi connectivity index (χ0) is 98.0. The van der Waals surface area contributed by atoms with Gasteiger partial charge in [0.15, 0.2) is 40.3 Å². The second-order valence-corrected chi connectivity index (χ2v) is 38.4. The molecule has 4 spiro atoms. The monoisotopic (exact) mass is 1920 g/mol. The molecular weight excluding hydrogens is 1800 g/mol. The summed E-state index contributed by atoms with van der Waals surface area (Å²) in [6, 6.07) is 49.6. The van der Waals surface area contributed by atoms with E-state index in [4.69, 9.17) is 74.4 Å². The molecule has 740 valence electrons. The molecule has 8 bridgehead atoms.